The molecule has 3 fully saturated rings. The summed E-state index contributed by atoms with van der Waals surface area (Å²) in [7, 11) is -7.70. The number of fused-ring (bicyclic) bond motifs is 2. The van der Waals surface area contributed by atoms with E-state index >= 15 is 0 Å². The number of hydrogen-bond donors (Lipinski definition) is 4. The lowest BCUT2D eigenvalue weighted by Crippen LogP contribution is -2.60. The fourth-order valence-electron chi connectivity index (χ4n) is 6.61. The Morgan fingerprint density at radius 3 is 2.36 bits per heavy atom. The molecule has 15 heteroatoms. The number of anilines is 1. The Morgan fingerprint density at radius 2 is 1.76 bits per heavy atom. The third-order valence-electron chi connectivity index (χ3n) is 8.81. The quantitative estimate of drug-likeness (QED) is 0.339. The van der Waals surface area contributed by atoms with Crippen molar-refractivity contribution in [1.82, 2.24) is 4.31 Å². The Labute approximate surface area is 247 Å². The first-order chi connectivity index (χ1) is 19.6. The van der Waals surface area contributed by atoms with Crippen LogP contribution in [-0.4, -0.2) is 84.3 Å². The Balaban J connectivity index is 1.33. The number of carbonyl (C=O) groups is 1. The molecule has 2 saturated carbocycles. The molecule has 1 amide bonds. The Hall–Kier alpha value is -2.20. The molecule has 4 N–H and O–H groups in total. The van der Waals surface area contributed by atoms with Gasteiger partial charge in [-0.05, 0) is 74.3 Å². The van der Waals surface area contributed by atoms with Gasteiger partial charge in [-0.1, -0.05) is 11.6 Å². The molecule has 1 saturated heterocycles. The number of amides is 1. The summed E-state index contributed by atoms with van der Waals surface area (Å²) in [6, 6.07) is 6.41. The first kappa shape index (κ1) is 31.2. The number of sulfonamides is 1. The lowest BCUT2D eigenvalue weighted by atomic mass is 9.70. The molecular formula is C27H31ClF2N2O8S2. The summed E-state index contributed by atoms with van der Waals surface area (Å²) < 4.78 is 79.7. The van der Waals surface area contributed by atoms with E-state index < -0.39 is 72.3 Å². The molecule has 2 bridgehead atoms. The zero-order chi connectivity index (χ0) is 30.6. The molecule has 0 aromatic heterocycles. The van der Waals surface area contributed by atoms with Gasteiger partial charge < -0.3 is 20.6 Å². The number of nitrogens with zero attached hydrogens (tertiary/aromatic N) is 1. The average Bonchev–Trinajstić information content (AvgIpc) is 3.31. The summed E-state index contributed by atoms with van der Waals surface area (Å²) in [5, 5.41) is 34.6. The minimum atomic E-state index is -4.15. The molecule has 0 radical (unpaired) electrons. The van der Waals surface area contributed by atoms with Gasteiger partial charge in [0.25, 0.3) is 5.91 Å². The molecule has 0 spiro atoms. The van der Waals surface area contributed by atoms with Crippen LogP contribution in [0.15, 0.2) is 41.3 Å². The summed E-state index contributed by atoms with van der Waals surface area (Å²) in [6.07, 6.45) is -2.19. The summed E-state index contributed by atoms with van der Waals surface area (Å²) in [6.45, 7) is -0.168. The predicted octanol–water partition coefficient (Wildman–Crippen LogP) is 2.32. The average molecular weight is 649 g/mol. The highest BCUT2D eigenvalue weighted by atomic mass is 35.5. The molecule has 2 aliphatic carbocycles. The molecule has 6 atom stereocenters. The molecule has 2 aromatic rings. The number of sulfone groups is 1. The van der Waals surface area contributed by atoms with Crippen LogP contribution >= 0.6 is 11.6 Å². The molecule has 5 rings (SSSR count). The van der Waals surface area contributed by atoms with E-state index in [1.807, 2.05) is 0 Å². The van der Waals surface area contributed by atoms with Crippen molar-refractivity contribution in [1.29, 1.82) is 0 Å². The largest absolute Gasteiger partial charge is 0.389 e. The van der Waals surface area contributed by atoms with Crippen molar-refractivity contribution in [2.45, 2.75) is 60.1 Å². The van der Waals surface area contributed by atoms with Crippen LogP contribution in [0.5, 0.6) is 0 Å². The fourth-order valence-corrected chi connectivity index (χ4v) is 10.6. The van der Waals surface area contributed by atoms with Crippen LogP contribution in [-0.2, 0) is 19.9 Å². The Bertz CT molecular complexity index is 1590. The van der Waals surface area contributed by atoms with Crippen molar-refractivity contribution in [3.63, 3.8) is 0 Å². The number of aliphatic hydroxyl groups is 3. The van der Waals surface area contributed by atoms with Crippen molar-refractivity contribution in [2.24, 2.45) is 11.8 Å². The van der Waals surface area contributed by atoms with Gasteiger partial charge in [0.05, 0.1) is 32.6 Å². The summed E-state index contributed by atoms with van der Waals surface area (Å²) >= 11 is 6.27. The van der Waals surface area contributed by atoms with E-state index in [0.717, 1.165) is 28.6 Å². The summed E-state index contributed by atoms with van der Waals surface area (Å²) in [5.41, 5.74) is -1.94. The molecule has 42 heavy (non-hydrogen) atoms. The maximum absolute atomic E-state index is 13.8. The molecule has 3 aliphatic rings. The second-order valence-electron chi connectivity index (χ2n) is 11.3. The van der Waals surface area contributed by atoms with Crippen molar-refractivity contribution < 1.29 is 45.7 Å². The number of halogens is 3. The van der Waals surface area contributed by atoms with Crippen LogP contribution in [0.2, 0.25) is 5.02 Å². The van der Waals surface area contributed by atoms with Gasteiger partial charge in [0.1, 0.15) is 6.10 Å². The number of carbonyl (C=O) groups excluding carboxylic acids is 1. The van der Waals surface area contributed by atoms with E-state index in [9.17, 15) is 45.7 Å². The first-order valence-corrected chi connectivity index (χ1v) is 17.0. The number of aliphatic hydroxyl groups excluding tert-OH is 2. The van der Waals surface area contributed by atoms with E-state index in [0.29, 0.717) is 19.3 Å². The van der Waals surface area contributed by atoms with Crippen molar-refractivity contribution >= 4 is 43.1 Å². The van der Waals surface area contributed by atoms with E-state index in [1.54, 1.807) is 0 Å². The lowest BCUT2D eigenvalue weighted by Gasteiger charge is -2.46. The molecule has 230 valence electrons. The Kier molecular flexibility index (Phi) is 8.46. The maximum Gasteiger partial charge on any atom is 0.255 e. The van der Waals surface area contributed by atoms with E-state index in [-0.39, 0.29) is 52.9 Å². The number of hydrogen-bond acceptors (Lipinski definition) is 8. The number of β-amino-alcohol motifs (C(OH)–C–C–N with tert-alkyl or cyclic N) is 1. The lowest BCUT2D eigenvalue weighted by molar-refractivity contribution is -0.176. The standard InChI is InChI=1S/C27H31ClF2N2O8S2/c28-20-6-2-15(26(35)31-18-5-7-21(29)22(30)13-18)10-24(20)42(39,40)19-11-16-3-4-17(12-19)27(16,36)25(34)23(33)14-32-8-1-9-41(32,37)38/h2,5-7,10,13,16-17,19,23,25,33-34,36H,1,3-4,8-9,11-12,14H2,(H,31,35)/t16-,17?,19?,23?,25?,27?/m0/s1. The fraction of sp³-hybridized carbons (Fsp3) is 0.519. The minimum Gasteiger partial charge on any atom is -0.389 e. The molecule has 2 aromatic carbocycles. The van der Waals surface area contributed by atoms with Gasteiger partial charge in [0.2, 0.25) is 10.0 Å². The highest BCUT2D eigenvalue weighted by Crippen LogP contribution is 2.54. The Morgan fingerprint density at radius 1 is 1.10 bits per heavy atom. The molecular weight excluding hydrogens is 618 g/mol. The zero-order valence-electron chi connectivity index (χ0n) is 22.3. The van der Waals surface area contributed by atoms with E-state index in [1.165, 1.54) is 12.1 Å². The van der Waals surface area contributed by atoms with Crippen LogP contribution in [0.3, 0.4) is 0 Å². The topological polar surface area (TPSA) is 161 Å². The van der Waals surface area contributed by atoms with Crippen LogP contribution in [0.1, 0.15) is 42.5 Å². The molecule has 10 nitrogen and oxygen atoms in total. The normalized spacial score (nSPS) is 28.9. The second-order valence-corrected chi connectivity index (χ2v) is 16.0. The highest BCUT2D eigenvalue weighted by molar-refractivity contribution is 7.92. The number of rotatable bonds is 8. The monoisotopic (exact) mass is 648 g/mol. The maximum atomic E-state index is 13.8. The third kappa shape index (κ3) is 5.58. The van der Waals surface area contributed by atoms with Crippen LogP contribution in [0, 0.1) is 23.5 Å². The minimum absolute atomic E-state index is 0.0375. The first-order valence-electron chi connectivity index (χ1n) is 13.5. The third-order valence-corrected chi connectivity index (χ3v) is 13.4. The van der Waals surface area contributed by atoms with Gasteiger partial charge in [-0.2, -0.15) is 4.31 Å². The molecule has 1 aliphatic heterocycles. The van der Waals surface area contributed by atoms with Crippen LogP contribution in [0.25, 0.3) is 0 Å². The predicted molar refractivity (Wildman–Crippen MR) is 149 cm³/mol. The van der Waals surface area contributed by atoms with Gasteiger partial charge in [-0.15, -0.1) is 0 Å². The van der Waals surface area contributed by atoms with E-state index in [4.69, 9.17) is 11.6 Å². The van der Waals surface area contributed by atoms with Gasteiger partial charge in [-0.25, -0.2) is 25.6 Å². The summed E-state index contributed by atoms with van der Waals surface area (Å²) in [4.78, 5) is 12.5. The zero-order valence-corrected chi connectivity index (χ0v) is 24.7. The van der Waals surface area contributed by atoms with Gasteiger partial charge in [-0.3, -0.25) is 4.79 Å². The molecule has 5 unspecified atom stereocenters. The van der Waals surface area contributed by atoms with E-state index in [2.05, 4.69) is 5.32 Å². The SMILES string of the molecule is O=C(Nc1ccc(F)c(F)c1)c1ccc(Cl)c(S(=O)(=O)C2CC3CC[C@@H](C2)C3(O)C(O)C(O)CN2CCCS2(=O)=O)c1. The van der Waals surface area contributed by atoms with Crippen molar-refractivity contribution in [2.75, 3.05) is 24.2 Å². The number of nitrogens with one attached hydrogen (secondary N) is 1. The molecule has 1 heterocycles. The summed E-state index contributed by atoms with van der Waals surface area (Å²) in [5.74, 6) is -4.49. The van der Waals surface area contributed by atoms with Gasteiger partial charge in [0, 0.05) is 30.4 Å². The smallest absolute Gasteiger partial charge is 0.255 e. The number of benzene rings is 2. The van der Waals surface area contributed by atoms with Crippen LogP contribution in [0.4, 0.5) is 14.5 Å². The highest BCUT2D eigenvalue weighted by Gasteiger charge is 2.60. The van der Waals surface area contributed by atoms with Gasteiger partial charge in [0.15, 0.2) is 21.5 Å². The second kappa shape index (κ2) is 11.4. The van der Waals surface area contributed by atoms with Crippen LogP contribution < -0.4 is 5.32 Å². The van der Waals surface area contributed by atoms with Gasteiger partial charge >= 0.3 is 0 Å². The van der Waals surface area contributed by atoms with Crippen molar-refractivity contribution in [3.05, 3.63) is 58.6 Å². The van der Waals surface area contributed by atoms with Crippen molar-refractivity contribution in [3.8, 4) is 0 Å².